The van der Waals surface area contributed by atoms with E-state index in [0.29, 0.717) is 12.0 Å². The van der Waals surface area contributed by atoms with Crippen molar-refractivity contribution in [3.63, 3.8) is 0 Å². The molecule has 0 radical (unpaired) electrons. The first-order valence-electron chi connectivity index (χ1n) is 3.36. The maximum absolute atomic E-state index is 10.7. The molecule has 2 aliphatic rings. The van der Waals surface area contributed by atoms with Crippen molar-refractivity contribution in [3.05, 3.63) is 0 Å². The molecule has 0 aromatic rings. The van der Waals surface area contributed by atoms with Crippen molar-refractivity contribution in [1.29, 1.82) is 0 Å². The monoisotopic (exact) mass is 198 g/mol. The molecule has 5 heteroatoms. The van der Waals surface area contributed by atoms with Crippen molar-refractivity contribution in [2.45, 2.75) is 12.5 Å². The summed E-state index contributed by atoms with van der Waals surface area (Å²) in [6.07, 6.45) is 0.734. The van der Waals surface area contributed by atoms with Crippen LogP contribution in [0.15, 0.2) is 0 Å². The lowest BCUT2D eigenvalue weighted by Gasteiger charge is -2.03. The van der Waals surface area contributed by atoms with Crippen LogP contribution in [0.1, 0.15) is 6.42 Å². The molecule has 2 atom stereocenters. The number of fused-ring (bicyclic) bond motifs is 1. The fraction of sp³-hybridized carbons (Fsp3) is 0.833. The SMILES string of the molecule is Cl.Cl.O=C1C[C@H]2CNC[C@H]2N1. The molecular weight excluding hydrogens is 187 g/mol. The third-order valence-electron chi connectivity index (χ3n) is 2.13. The third kappa shape index (κ3) is 1.98. The topological polar surface area (TPSA) is 41.1 Å². The van der Waals surface area contributed by atoms with Crippen LogP contribution in [0.4, 0.5) is 0 Å². The second-order valence-electron chi connectivity index (χ2n) is 2.80. The van der Waals surface area contributed by atoms with Gasteiger partial charge in [-0.2, -0.15) is 0 Å². The van der Waals surface area contributed by atoms with Gasteiger partial charge in [-0.05, 0) is 0 Å². The lowest BCUT2D eigenvalue weighted by Crippen LogP contribution is -2.30. The highest BCUT2D eigenvalue weighted by atomic mass is 35.5. The van der Waals surface area contributed by atoms with Gasteiger partial charge >= 0.3 is 0 Å². The highest BCUT2D eigenvalue weighted by Crippen LogP contribution is 2.18. The van der Waals surface area contributed by atoms with E-state index >= 15 is 0 Å². The summed E-state index contributed by atoms with van der Waals surface area (Å²) in [4.78, 5) is 10.7. The minimum Gasteiger partial charge on any atom is -0.352 e. The summed E-state index contributed by atoms with van der Waals surface area (Å²) in [5.74, 6) is 0.809. The minimum atomic E-state index is 0. The number of hydrogen-bond donors (Lipinski definition) is 2. The number of halogens is 2. The van der Waals surface area contributed by atoms with E-state index in [9.17, 15) is 4.79 Å². The van der Waals surface area contributed by atoms with Crippen LogP contribution in [0.3, 0.4) is 0 Å². The molecule has 2 rings (SSSR count). The molecule has 2 aliphatic heterocycles. The van der Waals surface area contributed by atoms with E-state index < -0.39 is 0 Å². The van der Waals surface area contributed by atoms with Crippen molar-refractivity contribution in [3.8, 4) is 0 Å². The molecule has 11 heavy (non-hydrogen) atoms. The van der Waals surface area contributed by atoms with Gasteiger partial charge in [0, 0.05) is 31.5 Å². The average Bonchev–Trinajstić information content (AvgIpc) is 2.22. The number of rotatable bonds is 0. The van der Waals surface area contributed by atoms with Crippen LogP contribution in [0.5, 0.6) is 0 Å². The van der Waals surface area contributed by atoms with Crippen molar-refractivity contribution in [2.24, 2.45) is 5.92 Å². The molecular formula is C6H12Cl2N2O. The highest BCUT2D eigenvalue weighted by Gasteiger charge is 2.35. The van der Waals surface area contributed by atoms with Gasteiger partial charge in [-0.3, -0.25) is 4.79 Å². The van der Waals surface area contributed by atoms with E-state index in [1.807, 2.05) is 0 Å². The molecule has 0 spiro atoms. The van der Waals surface area contributed by atoms with Gasteiger partial charge in [-0.25, -0.2) is 0 Å². The summed E-state index contributed by atoms with van der Waals surface area (Å²) in [5, 5.41) is 6.14. The Balaban J connectivity index is 0.000000500. The summed E-state index contributed by atoms with van der Waals surface area (Å²) in [6.45, 7) is 1.99. The molecule has 0 aromatic carbocycles. The Labute approximate surface area is 78.1 Å². The summed E-state index contributed by atoms with van der Waals surface area (Å²) in [6, 6.07) is 0.442. The average molecular weight is 199 g/mol. The van der Waals surface area contributed by atoms with Crippen LogP contribution < -0.4 is 10.6 Å². The Bertz CT molecular complexity index is 140. The van der Waals surface area contributed by atoms with Gasteiger partial charge in [0.1, 0.15) is 0 Å². The smallest absolute Gasteiger partial charge is 0.220 e. The second-order valence-corrected chi connectivity index (χ2v) is 2.80. The minimum absolute atomic E-state index is 0. The summed E-state index contributed by atoms with van der Waals surface area (Å²) < 4.78 is 0. The number of nitrogens with one attached hydrogen (secondary N) is 2. The zero-order valence-electron chi connectivity index (χ0n) is 6.00. The molecule has 0 unspecified atom stereocenters. The summed E-state index contributed by atoms with van der Waals surface area (Å²) in [5.41, 5.74) is 0. The van der Waals surface area contributed by atoms with Crippen LogP contribution in [0, 0.1) is 5.92 Å². The maximum Gasteiger partial charge on any atom is 0.220 e. The Morgan fingerprint density at radius 3 is 2.64 bits per heavy atom. The van der Waals surface area contributed by atoms with Gasteiger partial charge in [0.25, 0.3) is 0 Å². The van der Waals surface area contributed by atoms with Crippen LogP contribution in [0.25, 0.3) is 0 Å². The van der Waals surface area contributed by atoms with Gasteiger partial charge in [-0.15, -0.1) is 24.8 Å². The highest BCUT2D eigenvalue weighted by molar-refractivity contribution is 5.85. The normalized spacial score (nSPS) is 33.3. The molecule has 2 heterocycles. The molecule has 2 N–H and O–H groups in total. The van der Waals surface area contributed by atoms with Crippen molar-refractivity contribution >= 4 is 30.7 Å². The van der Waals surface area contributed by atoms with Crippen LogP contribution >= 0.6 is 24.8 Å². The quantitative estimate of drug-likeness (QED) is 0.573. The standard InChI is InChI=1S/C6H10N2O.2ClH/c9-6-1-4-2-7-3-5(4)8-6;;/h4-5,7H,1-3H2,(H,8,9);2*1H/t4-,5+;;/m0../s1. The lowest BCUT2D eigenvalue weighted by atomic mass is 10.1. The van der Waals surface area contributed by atoms with Crippen LogP contribution in [-0.4, -0.2) is 25.0 Å². The largest absolute Gasteiger partial charge is 0.352 e. The fourth-order valence-electron chi connectivity index (χ4n) is 1.62. The zero-order valence-corrected chi connectivity index (χ0v) is 7.63. The number of amides is 1. The predicted octanol–water partition coefficient (Wildman–Crippen LogP) is -0.0621. The molecule has 0 saturated carbocycles. The van der Waals surface area contributed by atoms with E-state index in [4.69, 9.17) is 0 Å². The van der Waals surface area contributed by atoms with E-state index in [1.165, 1.54) is 0 Å². The van der Waals surface area contributed by atoms with Gasteiger partial charge in [-0.1, -0.05) is 0 Å². The lowest BCUT2D eigenvalue weighted by molar-refractivity contribution is -0.119. The number of carbonyl (C=O) groups excluding carboxylic acids is 1. The Kier molecular flexibility index (Phi) is 4.14. The van der Waals surface area contributed by atoms with E-state index in [0.717, 1.165) is 19.5 Å². The molecule has 0 bridgehead atoms. The maximum atomic E-state index is 10.7. The van der Waals surface area contributed by atoms with Crippen molar-refractivity contribution < 1.29 is 4.79 Å². The molecule has 0 aliphatic carbocycles. The first-order chi connectivity index (χ1) is 4.36. The molecule has 3 nitrogen and oxygen atoms in total. The summed E-state index contributed by atoms with van der Waals surface area (Å²) >= 11 is 0. The van der Waals surface area contributed by atoms with Crippen molar-refractivity contribution in [2.75, 3.05) is 13.1 Å². The molecule has 2 saturated heterocycles. The van der Waals surface area contributed by atoms with Gasteiger partial charge in [0.2, 0.25) is 5.91 Å². The van der Waals surface area contributed by atoms with Gasteiger partial charge in [0.15, 0.2) is 0 Å². The molecule has 0 aromatic heterocycles. The molecule has 66 valence electrons. The van der Waals surface area contributed by atoms with Gasteiger partial charge in [0.05, 0.1) is 0 Å². The van der Waals surface area contributed by atoms with E-state index in [2.05, 4.69) is 10.6 Å². The Morgan fingerprint density at radius 1 is 1.27 bits per heavy atom. The Morgan fingerprint density at radius 2 is 2.00 bits per heavy atom. The van der Waals surface area contributed by atoms with Crippen LogP contribution in [-0.2, 0) is 4.79 Å². The zero-order chi connectivity index (χ0) is 6.27. The number of carbonyl (C=O) groups is 1. The fourth-order valence-corrected chi connectivity index (χ4v) is 1.62. The molecule has 2 fully saturated rings. The first-order valence-corrected chi connectivity index (χ1v) is 3.36. The first kappa shape index (κ1) is 11.0. The van der Waals surface area contributed by atoms with E-state index in [-0.39, 0.29) is 30.7 Å². The third-order valence-corrected chi connectivity index (χ3v) is 2.13. The van der Waals surface area contributed by atoms with Crippen molar-refractivity contribution in [1.82, 2.24) is 10.6 Å². The van der Waals surface area contributed by atoms with E-state index in [1.54, 1.807) is 0 Å². The second kappa shape index (κ2) is 4.14. The Hall–Kier alpha value is 0.01000. The molecule has 1 amide bonds. The summed E-state index contributed by atoms with van der Waals surface area (Å²) in [7, 11) is 0. The predicted molar refractivity (Wildman–Crippen MR) is 47.4 cm³/mol. The van der Waals surface area contributed by atoms with Gasteiger partial charge < -0.3 is 10.6 Å². The van der Waals surface area contributed by atoms with Crippen LogP contribution in [0.2, 0.25) is 0 Å². The number of hydrogen-bond acceptors (Lipinski definition) is 2.